The van der Waals surface area contributed by atoms with Crippen molar-refractivity contribution in [3.05, 3.63) is 76.6 Å². The number of hydrogen-bond donors (Lipinski definition) is 0. The number of rotatable bonds is 0. The van der Waals surface area contributed by atoms with Gasteiger partial charge in [-0.25, -0.2) is 0 Å². The number of nitrogens with zero attached hydrogens (tertiary/aromatic N) is 5. The van der Waals surface area contributed by atoms with E-state index in [1.54, 1.807) is 0 Å². The second kappa shape index (κ2) is 36.2. The third-order valence-corrected chi connectivity index (χ3v) is 0. The molecule has 0 aromatic rings. The van der Waals surface area contributed by atoms with Gasteiger partial charge in [0.2, 0.25) is 0 Å². The third kappa shape index (κ3) is 630. The molecule has 22 heavy (non-hydrogen) atoms. The molecule has 0 unspecified atom stereocenters. The fraction of sp³-hybridized carbons (Fsp3) is 0. The minimum atomic E-state index is -1.75. The van der Waals surface area contributed by atoms with Crippen LogP contribution in [0.1, 0.15) is 0 Å². The van der Waals surface area contributed by atoms with E-state index in [4.69, 9.17) is 76.6 Å². The fourth-order valence-corrected chi connectivity index (χ4v) is 0. The van der Waals surface area contributed by atoms with Crippen LogP contribution in [0.3, 0.4) is 0 Å². The van der Waals surface area contributed by atoms with Crippen molar-refractivity contribution < 1.29 is 25.4 Å². The molecule has 0 saturated carbocycles. The largest absolute Gasteiger partial charge is 3.00 e. The summed E-state index contributed by atoms with van der Waals surface area (Å²) in [7, 11) is 0. The maximum atomic E-state index is 8.25. The van der Waals surface area contributed by atoms with E-state index in [0.717, 1.165) is 0 Å². The van der Waals surface area contributed by atoms with Gasteiger partial charge in [-0.05, 0) is 0 Å². The van der Waals surface area contributed by atoms with Crippen molar-refractivity contribution in [3.63, 3.8) is 0 Å². The summed E-state index contributed by atoms with van der Waals surface area (Å²) in [4.78, 5) is 41.2. The average Bonchev–Trinajstić information content (AvgIpc) is 1.94. The van der Waals surface area contributed by atoms with Crippen LogP contribution < -0.4 is 0 Å². The van der Waals surface area contributed by atoms with Gasteiger partial charge >= 0.3 is 40.4 Å². The second-order valence-electron chi connectivity index (χ2n) is 1.12. The summed E-state index contributed by atoms with van der Waals surface area (Å²) >= 11 is 0. The van der Waals surface area contributed by atoms with Gasteiger partial charge in [0.25, 0.3) is 0 Å². The molecule has 0 spiro atoms. The summed E-state index contributed by atoms with van der Waals surface area (Å²) in [6.45, 7) is 0. The molecule has 20 nitrogen and oxygen atoms in total. The Morgan fingerprint density at radius 2 is 0.364 bits per heavy atom. The summed E-state index contributed by atoms with van der Waals surface area (Å²) in [6, 6.07) is 0. The minimum Gasteiger partial charge on any atom is -0.356 e. The summed E-state index contributed by atoms with van der Waals surface area (Å²) in [5, 5.41) is 73.8. The first-order valence-corrected chi connectivity index (χ1v) is 2.74. The van der Waals surface area contributed by atoms with Crippen LogP contribution in [0.15, 0.2) is 0 Å². The molecule has 0 aliphatic heterocycles. The van der Waals surface area contributed by atoms with E-state index in [9.17, 15) is 0 Å². The Morgan fingerprint density at radius 3 is 0.364 bits per heavy atom. The molecule has 0 bridgehead atoms. The Bertz CT molecular complexity index is 213. The fourth-order valence-electron chi connectivity index (χ4n) is 0. The zero-order chi connectivity index (χ0) is 17.9. The Balaban J connectivity index is -0.0000000250. The molecule has 0 saturated heterocycles. The van der Waals surface area contributed by atoms with Gasteiger partial charge in [-0.2, -0.15) is 0 Å². The van der Waals surface area contributed by atoms with Crippen molar-refractivity contribution in [1.82, 2.24) is 0 Å². The second-order valence-corrected chi connectivity index (χ2v) is 1.12. The van der Waals surface area contributed by atoms with Gasteiger partial charge < -0.3 is 76.6 Å². The summed E-state index contributed by atoms with van der Waals surface area (Å²) in [6.07, 6.45) is 0. The molecule has 0 aromatic heterocycles. The summed E-state index contributed by atoms with van der Waals surface area (Å²) < 4.78 is 0. The van der Waals surface area contributed by atoms with E-state index in [-0.39, 0.29) is 40.4 Å². The molecule has 0 radical (unpaired) electrons. The van der Waals surface area contributed by atoms with Crippen LogP contribution in [0.25, 0.3) is 0 Å². The molecule has 0 amide bonds. The first-order valence-electron chi connectivity index (χ1n) is 2.74. The van der Waals surface area contributed by atoms with Gasteiger partial charge in [-0.1, -0.05) is 0 Å². The van der Waals surface area contributed by atoms with Crippen molar-refractivity contribution >= 4 is 40.4 Å². The molecule has 0 fully saturated rings. The maximum Gasteiger partial charge on any atom is 3.00 e. The molecule has 0 aromatic carbocycles. The van der Waals surface area contributed by atoms with Crippen molar-refractivity contribution in [2.24, 2.45) is 0 Å². The first-order chi connectivity index (χ1) is 8.66. The standard InChI is InChI=1S/Al.Mg.5NO3/c;;5*2-1(3)4/q+3;+2;5*-1. The van der Waals surface area contributed by atoms with Gasteiger partial charge in [-0.15, -0.1) is 0 Å². The van der Waals surface area contributed by atoms with Crippen LogP contribution in [0, 0.1) is 76.6 Å². The monoisotopic (exact) mass is 361 g/mol. The zero-order valence-electron chi connectivity index (χ0n) is 9.64. The van der Waals surface area contributed by atoms with Crippen LogP contribution in [0.4, 0.5) is 0 Å². The molecular formula is AlMgN5O15. The molecule has 0 heterocycles. The Hall–Kier alpha value is -2.70. The normalized spacial score (nSPS) is 5.45. The Labute approximate surface area is 143 Å². The summed E-state index contributed by atoms with van der Waals surface area (Å²) in [5.74, 6) is 0. The Kier molecular flexibility index (Phi) is 70.3. The molecule has 0 aliphatic rings. The topological polar surface area (TPSA) is 331 Å². The van der Waals surface area contributed by atoms with Crippen molar-refractivity contribution in [2.75, 3.05) is 0 Å². The van der Waals surface area contributed by atoms with E-state index in [1.807, 2.05) is 0 Å². The van der Waals surface area contributed by atoms with Crippen LogP contribution in [0.5, 0.6) is 0 Å². The molecule has 22 heteroatoms. The van der Waals surface area contributed by atoms with E-state index >= 15 is 0 Å². The predicted octanol–water partition coefficient (Wildman–Crippen LogP) is -1.96. The minimum absolute atomic E-state index is 0. The average molecular weight is 361 g/mol. The quantitative estimate of drug-likeness (QED) is 0.256. The van der Waals surface area contributed by atoms with E-state index in [1.165, 1.54) is 0 Å². The first kappa shape index (κ1) is 42.7. The molecule has 0 aliphatic carbocycles. The van der Waals surface area contributed by atoms with Gasteiger partial charge in [0.15, 0.2) is 0 Å². The van der Waals surface area contributed by atoms with Crippen molar-refractivity contribution in [2.45, 2.75) is 0 Å². The maximum absolute atomic E-state index is 8.25. The Morgan fingerprint density at radius 1 is 0.364 bits per heavy atom. The summed E-state index contributed by atoms with van der Waals surface area (Å²) in [5.41, 5.74) is 0. The van der Waals surface area contributed by atoms with Gasteiger partial charge in [0.05, 0.1) is 25.4 Å². The molecule has 120 valence electrons. The molecule has 0 rings (SSSR count). The van der Waals surface area contributed by atoms with Crippen LogP contribution in [0.2, 0.25) is 0 Å². The smallest absolute Gasteiger partial charge is 0.356 e. The predicted molar refractivity (Wildman–Crippen MR) is 63.3 cm³/mol. The molecule has 0 N–H and O–H groups in total. The molecule has 0 atom stereocenters. The third-order valence-electron chi connectivity index (χ3n) is 0. The van der Waals surface area contributed by atoms with Crippen LogP contribution in [-0.4, -0.2) is 65.8 Å². The van der Waals surface area contributed by atoms with Crippen LogP contribution in [-0.2, 0) is 0 Å². The van der Waals surface area contributed by atoms with E-state index in [2.05, 4.69) is 0 Å². The molecular weight excluding hydrogens is 361 g/mol. The van der Waals surface area contributed by atoms with Crippen molar-refractivity contribution in [3.8, 4) is 0 Å². The van der Waals surface area contributed by atoms with Gasteiger partial charge in [0, 0.05) is 0 Å². The SMILES string of the molecule is O=[N+]([O-])[O-].O=[N+]([O-])[O-].O=[N+]([O-])[O-].O=[N+]([O-])[O-].O=[N+]([O-])[O-].[Al+3].[Mg+2]. The van der Waals surface area contributed by atoms with E-state index in [0.29, 0.717) is 0 Å². The van der Waals surface area contributed by atoms with E-state index < -0.39 is 25.4 Å². The van der Waals surface area contributed by atoms with Gasteiger partial charge in [0.1, 0.15) is 0 Å². The zero-order valence-corrected chi connectivity index (χ0v) is 12.2. The van der Waals surface area contributed by atoms with Crippen molar-refractivity contribution in [1.29, 1.82) is 0 Å². The van der Waals surface area contributed by atoms with Gasteiger partial charge in [-0.3, -0.25) is 0 Å². The van der Waals surface area contributed by atoms with Crippen LogP contribution >= 0.6 is 0 Å². The number of hydrogen-bond acceptors (Lipinski definition) is 15.